The van der Waals surface area contributed by atoms with Gasteiger partial charge in [-0.05, 0) is 81.3 Å². The average molecular weight is 522 g/mol. The second-order valence-electron chi connectivity index (χ2n) is 12.7. The zero-order chi connectivity index (χ0) is 27.3. The molecule has 0 radical (unpaired) electrons. The molecule has 0 N–H and O–H groups in total. The molecule has 1 atom stereocenters. The standard InChI is InChI=1S/C30H39S.C4H10S/c1-28(2,3)22-10-16-25(17-11-22)31(26-18-12-23(13-19-26)29(4,5)6)27-20-14-24(15-21-27)30(7,8)9;1-4-5(2)3/h10-21H,1-9H3;2,4H2,1,3H3/q+1;. The van der Waals surface area contributed by atoms with Crippen LogP contribution in [0.2, 0.25) is 0 Å². The van der Waals surface area contributed by atoms with Gasteiger partial charge in [0.25, 0.3) is 0 Å². The predicted molar refractivity (Wildman–Crippen MR) is 169 cm³/mol. The van der Waals surface area contributed by atoms with Crippen LogP contribution in [0.3, 0.4) is 0 Å². The molecule has 0 aliphatic carbocycles. The van der Waals surface area contributed by atoms with Crippen molar-refractivity contribution in [2.45, 2.75) is 100 Å². The lowest BCUT2D eigenvalue weighted by atomic mass is 9.87. The highest BCUT2D eigenvalue weighted by molar-refractivity contribution is 8.13. The maximum Gasteiger partial charge on any atom is 0.166 e. The van der Waals surface area contributed by atoms with Gasteiger partial charge in [0.1, 0.15) is 0 Å². The Morgan fingerprint density at radius 2 is 0.722 bits per heavy atom. The van der Waals surface area contributed by atoms with Crippen molar-refractivity contribution in [3.63, 3.8) is 0 Å². The normalized spacial score (nSPS) is 13.2. The molecule has 3 rings (SSSR count). The molecular weight excluding hydrogens is 473 g/mol. The van der Waals surface area contributed by atoms with Crippen LogP contribution in [-0.2, 0) is 27.1 Å². The van der Waals surface area contributed by atoms with Crippen molar-refractivity contribution in [1.29, 1.82) is 0 Å². The van der Waals surface area contributed by atoms with Crippen molar-refractivity contribution < 1.29 is 0 Å². The van der Waals surface area contributed by atoms with E-state index in [1.807, 2.05) is 0 Å². The molecule has 2 heteroatoms. The van der Waals surface area contributed by atoms with E-state index in [9.17, 15) is 0 Å². The number of rotatable bonds is 4. The molecular formula is C34H49S2+. The first-order chi connectivity index (χ1) is 16.5. The summed E-state index contributed by atoms with van der Waals surface area (Å²) in [5.74, 6) is 5.01. The highest BCUT2D eigenvalue weighted by Crippen LogP contribution is 2.35. The fourth-order valence-electron chi connectivity index (χ4n) is 3.68. The first kappa shape index (κ1) is 30.5. The van der Waals surface area contributed by atoms with E-state index in [0.29, 0.717) is 10.5 Å². The van der Waals surface area contributed by atoms with Gasteiger partial charge in [-0.3, -0.25) is 0 Å². The van der Waals surface area contributed by atoms with Crippen molar-refractivity contribution in [2.24, 2.45) is 0 Å². The van der Waals surface area contributed by atoms with Crippen molar-refractivity contribution in [2.75, 3.05) is 12.0 Å². The van der Waals surface area contributed by atoms with E-state index in [1.165, 1.54) is 37.1 Å². The molecule has 0 aromatic heterocycles. The fourth-order valence-corrected chi connectivity index (χ4v) is 5.72. The summed E-state index contributed by atoms with van der Waals surface area (Å²) in [4.78, 5) is 4.13. The molecule has 0 bridgehead atoms. The summed E-state index contributed by atoms with van der Waals surface area (Å²) in [5, 5.41) is 0. The zero-order valence-corrected chi connectivity index (χ0v) is 26.3. The second-order valence-corrected chi connectivity index (χ2v) is 16.9. The van der Waals surface area contributed by atoms with E-state index in [1.54, 1.807) is 0 Å². The molecule has 0 amide bonds. The third-order valence-electron chi connectivity index (χ3n) is 6.36. The van der Waals surface area contributed by atoms with Crippen LogP contribution in [-0.4, -0.2) is 17.9 Å². The van der Waals surface area contributed by atoms with Crippen LogP contribution in [0.4, 0.5) is 0 Å². The Morgan fingerprint density at radius 1 is 0.528 bits per heavy atom. The molecule has 3 aromatic carbocycles. The van der Waals surface area contributed by atoms with Crippen LogP contribution in [0.1, 0.15) is 85.9 Å². The largest absolute Gasteiger partial charge is 0.197 e. The molecule has 0 saturated carbocycles. The lowest BCUT2D eigenvalue weighted by Crippen LogP contribution is -2.13. The lowest BCUT2D eigenvalue weighted by Gasteiger charge is -2.21. The Kier molecular flexibility index (Phi) is 10.3. The molecule has 36 heavy (non-hydrogen) atoms. The Morgan fingerprint density at radius 3 is 0.861 bits per heavy atom. The van der Waals surface area contributed by atoms with Gasteiger partial charge in [0.05, 0.1) is 10.9 Å². The first-order valence-electron chi connectivity index (χ1n) is 13.0. The molecule has 0 fully saturated rings. The molecule has 3 aromatic rings. The van der Waals surface area contributed by atoms with Crippen molar-refractivity contribution in [3.05, 3.63) is 89.5 Å². The molecule has 1 unspecified atom stereocenters. The van der Waals surface area contributed by atoms with E-state index in [0.717, 1.165) is 0 Å². The van der Waals surface area contributed by atoms with Gasteiger partial charge in [-0.1, -0.05) is 112 Å². The lowest BCUT2D eigenvalue weighted by molar-refractivity contribution is 0.589. The number of hydrogen-bond acceptors (Lipinski definition) is 0. The third kappa shape index (κ3) is 8.67. The smallest absolute Gasteiger partial charge is 0.166 e. The van der Waals surface area contributed by atoms with Gasteiger partial charge in [-0.25, -0.2) is 0 Å². The summed E-state index contributed by atoms with van der Waals surface area (Å²) in [6.45, 7) is 22.6. The van der Waals surface area contributed by atoms with E-state index < -0.39 is 0 Å². The van der Waals surface area contributed by atoms with Crippen molar-refractivity contribution in [3.8, 4) is 0 Å². The van der Waals surface area contributed by atoms with Gasteiger partial charge < -0.3 is 0 Å². The maximum atomic E-state index is 3.78. The van der Waals surface area contributed by atoms with Crippen LogP contribution in [0, 0.1) is 0 Å². The fraction of sp³-hybridized carbons (Fsp3) is 0.441. The minimum absolute atomic E-state index is 0.120. The summed E-state index contributed by atoms with van der Waals surface area (Å²) in [6, 6.07) is 27.8. The van der Waals surface area contributed by atoms with Crippen LogP contribution in [0.5, 0.6) is 0 Å². The minimum Gasteiger partial charge on any atom is -0.197 e. The highest BCUT2D eigenvalue weighted by Gasteiger charge is 2.30. The van der Waals surface area contributed by atoms with Crippen molar-refractivity contribution >= 4 is 27.2 Å². The molecule has 0 nitrogen and oxygen atoms in total. The van der Waals surface area contributed by atoms with Gasteiger partial charge in [-0.2, -0.15) is 10.5 Å². The monoisotopic (exact) mass is 521 g/mol. The quantitative estimate of drug-likeness (QED) is 0.237. The first-order valence-corrected chi connectivity index (χ1v) is 16.2. The molecule has 0 heterocycles. The topological polar surface area (TPSA) is 0 Å². The molecule has 0 aliphatic heterocycles. The van der Waals surface area contributed by atoms with E-state index in [4.69, 9.17) is 0 Å². The van der Waals surface area contributed by atoms with E-state index in [-0.39, 0.29) is 27.1 Å². The molecule has 0 spiro atoms. The molecule has 196 valence electrons. The maximum absolute atomic E-state index is 3.78. The Bertz CT molecular complexity index is 962. The SMILES string of the molecule is C=S(C)CC.CC(C)(C)c1ccc([S+](c2ccc(C(C)(C)C)cc2)c2ccc(C(C)(C)C)cc2)cc1. The van der Waals surface area contributed by atoms with Crippen LogP contribution in [0.15, 0.2) is 87.5 Å². The molecule has 0 saturated heterocycles. The summed E-state index contributed by atoms with van der Waals surface area (Å²) >= 11 is 0. The summed E-state index contributed by atoms with van der Waals surface area (Å²) in [7, 11) is 0.308. The Labute approximate surface area is 228 Å². The predicted octanol–water partition coefficient (Wildman–Crippen LogP) is 10.0. The third-order valence-corrected chi connectivity index (χ3v) is 9.58. The van der Waals surface area contributed by atoms with E-state index >= 15 is 0 Å². The Hall–Kier alpha value is -1.77. The van der Waals surface area contributed by atoms with Crippen LogP contribution < -0.4 is 0 Å². The van der Waals surface area contributed by atoms with Gasteiger partial charge in [0, 0.05) is 0 Å². The Balaban J connectivity index is 0.000000830. The summed E-state index contributed by atoms with van der Waals surface area (Å²) in [6.07, 6.45) is 2.14. The van der Waals surface area contributed by atoms with Crippen molar-refractivity contribution in [1.82, 2.24) is 0 Å². The van der Waals surface area contributed by atoms with Gasteiger partial charge in [0.2, 0.25) is 0 Å². The minimum atomic E-state index is -0.120. The summed E-state index contributed by atoms with van der Waals surface area (Å²) in [5.41, 5.74) is 4.64. The second kappa shape index (κ2) is 12.2. The average Bonchev–Trinajstić information content (AvgIpc) is 2.79. The zero-order valence-electron chi connectivity index (χ0n) is 24.7. The highest BCUT2D eigenvalue weighted by atomic mass is 32.2. The van der Waals surface area contributed by atoms with Crippen LogP contribution >= 0.6 is 10.5 Å². The van der Waals surface area contributed by atoms with Gasteiger partial charge in [0.15, 0.2) is 14.7 Å². The van der Waals surface area contributed by atoms with Crippen LogP contribution in [0.25, 0.3) is 0 Å². The molecule has 0 aliphatic rings. The summed E-state index contributed by atoms with van der Waals surface area (Å²) < 4.78 is 0. The van der Waals surface area contributed by atoms with Gasteiger partial charge in [-0.15, -0.1) is 0 Å². The number of hydrogen-bond donors (Lipinski definition) is 0. The van der Waals surface area contributed by atoms with E-state index in [2.05, 4.69) is 154 Å². The number of benzene rings is 3. The van der Waals surface area contributed by atoms with Gasteiger partial charge >= 0.3 is 0 Å².